The van der Waals surface area contributed by atoms with Crippen LogP contribution in [0.4, 0.5) is 0 Å². The molecule has 0 saturated heterocycles. The van der Waals surface area contributed by atoms with Gasteiger partial charge in [0.1, 0.15) is 0 Å². The molecule has 0 aliphatic heterocycles. The summed E-state index contributed by atoms with van der Waals surface area (Å²) in [5.74, 6) is 3.93. The van der Waals surface area contributed by atoms with E-state index in [4.69, 9.17) is 9.97 Å². The smallest absolute Gasteiger partial charge is 0.160 e. The number of fused-ring (bicyclic) bond motifs is 5. The van der Waals surface area contributed by atoms with Crippen molar-refractivity contribution in [3.05, 3.63) is 169 Å². The summed E-state index contributed by atoms with van der Waals surface area (Å²) in [4.78, 5) is 10.6. The van der Waals surface area contributed by atoms with Gasteiger partial charge in [0.25, 0.3) is 0 Å². The van der Waals surface area contributed by atoms with Gasteiger partial charge in [-0.25, -0.2) is 9.97 Å². The molecule has 258 valence electrons. The summed E-state index contributed by atoms with van der Waals surface area (Å²) in [6, 6.07) is 58.3. The zero-order valence-corrected chi connectivity index (χ0v) is 30.3. The van der Waals surface area contributed by atoms with Gasteiger partial charge in [0.15, 0.2) is 5.82 Å². The second kappa shape index (κ2) is 11.6. The SMILES string of the molecule is c1ccc(-c2cc(-c3ccc4ccccc4c3-c3cccc4c3-c3cc5ccccc5cc3C43C4CC5CC(C4)CC3C5)nc(-c3ccccc3)n2)cc1. The van der Waals surface area contributed by atoms with Crippen molar-refractivity contribution in [2.24, 2.45) is 23.7 Å². The predicted octanol–water partition coefficient (Wildman–Crippen LogP) is 13.2. The average molecular weight is 693 g/mol. The van der Waals surface area contributed by atoms with Gasteiger partial charge in [-0.2, -0.15) is 0 Å². The molecule has 1 aromatic heterocycles. The molecule has 0 atom stereocenters. The number of hydrogen-bond donors (Lipinski definition) is 0. The minimum Gasteiger partial charge on any atom is -0.228 e. The zero-order valence-electron chi connectivity index (χ0n) is 30.3. The van der Waals surface area contributed by atoms with Crippen molar-refractivity contribution >= 4 is 21.5 Å². The van der Waals surface area contributed by atoms with Crippen molar-refractivity contribution in [2.45, 2.75) is 37.5 Å². The molecule has 2 nitrogen and oxygen atoms in total. The van der Waals surface area contributed by atoms with Gasteiger partial charge in [0.2, 0.25) is 0 Å². The molecular formula is C52H40N2. The van der Waals surface area contributed by atoms with Crippen molar-refractivity contribution < 1.29 is 0 Å². The summed E-state index contributed by atoms with van der Waals surface area (Å²) in [5, 5.41) is 5.20. The first-order valence-corrected chi connectivity index (χ1v) is 19.9. The maximum atomic E-state index is 5.40. The highest BCUT2D eigenvalue weighted by Gasteiger charge is 2.61. The van der Waals surface area contributed by atoms with Gasteiger partial charge < -0.3 is 0 Å². The normalized spacial score (nSPS) is 23.3. The second-order valence-corrected chi connectivity index (χ2v) is 16.5. The standard InChI is InChI=1S/C52H40N2/c1-3-13-35(14-4-1)47-31-48(54-51(53-47)36-15-5-2-6-16-36)42-23-22-34-12-9-10-19-41(34)49(42)43-20-11-21-45-50(43)44-29-37-17-7-8-18-38(37)30-46(44)52(45)39-25-32-24-33(27-39)28-40(52)26-32/h1-23,29-33,39-40H,24-28H2. The summed E-state index contributed by atoms with van der Waals surface area (Å²) in [7, 11) is 0. The largest absolute Gasteiger partial charge is 0.228 e. The molecule has 1 heterocycles. The van der Waals surface area contributed by atoms with Crippen molar-refractivity contribution in [3.8, 4) is 56.2 Å². The Balaban J connectivity index is 1.17. The lowest BCUT2D eigenvalue weighted by Crippen LogP contribution is -2.55. The summed E-state index contributed by atoms with van der Waals surface area (Å²) in [6.07, 6.45) is 6.93. The van der Waals surface area contributed by atoms with E-state index in [-0.39, 0.29) is 5.41 Å². The van der Waals surface area contributed by atoms with Gasteiger partial charge >= 0.3 is 0 Å². The Hall–Kier alpha value is -5.86. The molecule has 0 N–H and O–H groups in total. The highest BCUT2D eigenvalue weighted by Crippen LogP contribution is 2.70. The van der Waals surface area contributed by atoms with E-state index >= 15 is 0 Å². The lowest BCUT2D eigenvalue weighted by atomic mass is 9.43. The Labute approximate surface area is 316 Å². The van der Waals surface area contributed by atoms with Crippen LogP contribution in [-0.4, -0.2) is 9.97 Å². The fourth-order valence-electron chi connectivity index (χ4n) is 12.0. The van der Waals surface area contributed by atoms with Crippen LogP contribution in [0.5, 0.6) is 0 Å². The Bertz CT molecular complexity index is 2700. The van der Waals surface area contributed by atoms with Gasteiger partial charge in [-0.15, -0.1) is 0 Å². The second-order valence-electron chi connectivity index (χ2n) is 16.5. The van der Waals surface area contributed by atoms with Crippen molar-refractivity contribution in [1.82, 2.24) is 9.97 Å². The van der Waals surface area contributed by atoms with E-state index in [0.717, 1.165) is 45.7 Å². The zero-order chi connectivity index (χ0) is 35.4. The summed E-state index contributed by atoms with van der Waals surface area (Å²) < 4.78 is 0. The van der Waals surface area contributed by atoms with Crippen LogP contribution in [-0.2, 0) is 5.41 Å². The topological polar surface area (TPSA) is 25.8 Å². The number of aromatic nitrogens is 2. The lowest BCUT2D eigenvalue weighted by molar-refractivity contribution is -0.0398. The molecule has 0 amide bonds. The molecular weight excluding hydrogens is 653 g/mol. The number of nitrogens with zero attached hydrogens (tertiary/aromatic N) is 2. The first-order chi connectivity index (χ1) is 26.7. The molecule has 7 aromatic carbocycles. The maximum Gasteiger partial charge on any atom is 0.160 e. The van der Waals surface area contributed by atoms with Gasteiger partial charge in [-0.3, -0.25) is 0 Å². The third kappa shape index (κ3) is 4.34. The molecule has 5 aliphatic carbocycles. The Kier molecular flexibility index (Phi) is 6.55. The van der Waals surface area contributed by atoms with Crippen LogP contribution in [0.25, 0.3) is 77.7 Å². The van der Waals surface area contributed by atoms with E-state index in [1.54, 1.807) is 11.1 Å². The van der Waals surface area contributed by atoms with Crippen LogP contribution in [0.3, 0.4) is 0 Å². The predicted molar refractivity (Wildman–Crippen MR) is 222 cm³/mol. The van der Waals surface area contributed by atoms with Gasteiger partial charge in [-0.05, 0) is 129 Å². The Morgan fingerprint density at radius 3 is 1.78 bits per heavy atom. The van der Waals surface area contributed by atoms with E-state index in [9.17, 15) is 0 Å². The maximum absolute atomic E-state index is 5.40. The quantitative estimate of drug-likeness (QED) is 0.183. The molecule has 5 aliphatic rings. The first kappa shape index (κ1) is 30.6. The molecule has 54 heavy (non-hydrogen) atoms. The minimum atomic E-state index is 0.0682. The molecule has 8 aromatic rings. The third-order valence-electron chi connectivity index (χ3n) is 13.8. The number of benzene rings is 7. The van der Waals surface area contributed by atoms with Crippen LogP contribution >= 0.6 is 0 Å². The van der Waals surface area contributed by atoms with Crippen molar-refractivity contribution in [1.29, 1.82) is 0 Å². The Morgan fingerprint density at radius 1 is 0.407 bits per heavy atom. The van der Waals surface area contributed by atoms with Crippen LogP contribution < -0.4 is 0 Å². The van der Waals surface area contributed by atoms with Crippen LogP contribution in [0.2, 0.25) is 0 Å². The van der Waals surface area contributed by atoms with Crippen LogP contribution in [0.15, 0.2) is 158 Å². The fraction of sp³-hybridized carbons (Fsp3) is 0.192. The minimum absolute atomic E-state index is 0.0682. The molecule has 0 radical (unpaired) electrons. The number of rotatable bonds is 4. The molecule has 2 heteroatoms. The van der Waals surface area contributed by atoms with E-state index < -0.39 is 0 Å². The number of hydrogen-bond acceptors (Lipinski definition) is 2. The molecule has 1 spiro atoms. The highest BCUT2D eigenvalue weighted by molar-refractivity contribution is 6.09. The molecule has 4 fully saturated rings. The molecule has 0 unspecified atom stereocenters. The monoisotopic (exact) mass is 692 g/mol. The van der Waals surface area contributed by atoms with E-state index in [1.807, 2.05) is 0 Å². The van der Waals surface area contributed by atoms with E-state index in [2.05, 4.69) is 158 Å². The van der Waals surface area contributed by atoms with Crippen LogP contribution in [0.1, 0.15) is 43.2 Å². The van der Waals surface area contributed by atoms with Gasteiger partial charge in [0, 0.05) is 22.1 Å². The molecule has 4 saturated carbocycles. The molecule has 13 rings (SSSR count). The molecule has 4 bridgehead atoms. The first-order valence-electron chi connectivity index (χ1n) is 19.9. The lowest BCUT2D eigenvalue weighted by Gasteiger charge is -2.61. The Morgan fingerprint density at radius 2 is 1.04 bits per heavy atom. The van der Waals surface area contributed by atoms with Crippen LogP contribution in [0, 0.1) is 23.7 Å². The summed E-state index contributed by atoms with van der Waals surface area (Å²) in [6.45, 7) is 0. The third-order valence-corrected chi connectivity index (χ3v) is 13.8. The average Bonchev–Trinajstić information content (AvgIpc) is 3.51. The van der Waals surface area contributed by atoms with Gasteiger partial charge in [-0.1, -0.05) is 140 Å². The van der Waals surface area contributed by atoms with Crippen molar-refractivity contribution in [2.75, 3.05) is 0 Å². The van der Waals surface area contributed by atoms with Crippen molar-refractivity contribution in [3.63, 3.8) is 0 Å². The van der Waals surface area contributed by atoms with E-state index in [0.29, 0.717) is 11.8 Å². The fourth-order valence-corrected chi connectivity index (χ4v) is 12.0. The highest BCUT2D eigenvalue weighted by atomic mass is 14.9. The summed E-state index contributed by atoms with van der Waals surface area (Å²) >= 11 is 0. The van der Waals surface area contributed by atoms with E-state index in [1.165, 1.54) is 75.9 Å². The summed E-state index contributed by atoms with van der Waals surface area (Å²) in [5.41, 5.74) is 13.9. The van der Waals surface area contributed by atoms with Gasteiger partial charge in [0.05, 0.1) is 11.4 Å².